The van der Waals surface area contributed by atoms with E-state index in [1.54, 1.807) is 12.1 Å². The summed E-state index contributed by atoms with van der Waals surface area (Å²) in [7, 11) is -3.68. The molecule has 0 spiro atoms. The topological polar surface area (TPSA) is 66.4 Å². The molecule has 0 unspecified atom stereocenters. The lowest BCUT2D eigenvalue weighted by molar-refractivity contribution is 0.383. The first-order valence-electron chi connectivity index (χ1n) is 8.51. The maximum atomic E-state index is 12.9. The average Bonchev–Trinajstić information content (AvgIpc) is 3.11. The Kier molecular flexibility index (Phi) is 4.81. The number of piperazine rings is 1. The van der Waals surface area contributed by atoms with Gasteiger partial charge in [0.25, 0.3) is 0 Å². The second-order valence-corrected chi connectivity index (χ2v) is 9.16. The molecule has 26 heavy (non-hydrogen) atoms. The zero-order chi connectivity index (χ0) is 18.3. The molecule has 0 atom stereocenters. The summed E-state index contributed by atoms with van der Waals surface area (Å²) in [5, 5.41) is 8.94. The van der Waals surface area contributed by atoms with Crippen LogP contribution in [-0.2, 0) is 22.9 Å². The fourth-order valence-corrected chi connectivity index (χ4v) is 5.61. The monoisotopic (exact) mass is 412 g/mol. The maximum absolute atomic E-state index is 12.9. The van der Waals surface area contributed by atoms with Gasteiger partial charge in [-0.3, -0.25) is 0 Å². The number of rotatable bonds is 3. The predicted molar refractivity (Wildman–Crippen MR) is 101 cm³/mol. The lowest BCUT2D eigenvalue weighted by atomic mass is 10.2. The van der Waals surface area contributed by atoms with E-state index in [0.29, 0.717) is 26.2 Å². The summed E-state index contributed by atoms with van der Waals surface area (Å²) in [6.07, 6.45) is 3.16. The van der Waals surface area contributed by atoms with Gasteiger partial charge in [0.2, 0.25) is 10.0 Å². The maximum Gasteiger partial charge on any atom is 0.244 e. The van der Waals surface area contributed by atoms with Crippen molar-refractivity contribution in [1.29, 1.82) is 0 Å². The number of anilines is 1. The third kappa shape index (κ3) is 3.17. The quantitative estimate of drug-likeness (QED) is 0.774. The highest BCUT2D eigenvalue weighted by atomic mass is 35.5. The van der Waals surface area contributed by atoms with Crippen LogP contribution in [0.1, 0.15) is 17.7 Å². The smallest absolute Gasteiger partial charge is 0.244 e. The van der Waals surface area contributed by atoms with Crippen LogP contribution in [0.2, 0.25) is 10.0 Å². The third-order valence-corrected chi connectivity index (χ3v) is 7.78. The molecule has 6 nitrogen and oxygen atoms in total. The van der Waals surface area contributed by atoms with E-state index in [9.17, 15) is 8.42 Å². The fourth-order valence-electron chi connectivity index (χ4n) is 3.45. The highest BCUT2D eigenvalue weighted by molar-refractivity contribution is 7.89. The van der Waals surface area contributed by atoms with Crippen LogP contribution >= 0.6 is 23.2 Å². The second-order valence-electron chi connectivity index (χ2n) is 6.47. The van der Waals surface area contributed by atoms with Gasteiger partial charge in [0.15, 0.2) is 5.82 Å². The van der Waals surface area contributed by atoms with Crippen molar-refractivity contribution in [3.8, 4) is 0 Å². The Hall–Kier alpha value is -1.41. The largest absolute Gasteiger partial charge is 0.352 e. The average molecular weight is 413 g/mol. The van der Waals surface area contributed by atoms with Gasteiger partial charge in [-0.05, 0) is 43.0 Å². The number of fused-ring (bicyclic) bond motifs is 1. The Morgan fingerprint density at radius 2 is 1.77 bits per heavy atom. The minimum atomic E-state index is -3.68. The molecule has 0 bridgehead atoms. The van der Waals surface area contributed by atoms with Crippen LogP contribution in [0.4, 0.5) is 5.82 Å². The molecule has 0 radical (unpaired) electrons. The summed E-state index contributed by atoms with van der Waals surface area (Å²) >= 11 is 12.1. The third-order valence-electron chi connectivity index (χ3n) is 4.90. The molecule has 0 amide bonds. The molecule has 1 aliphatic carbocycles. The zero-order valence-electron chi connectivity index (χ0n) is 14.0. The van der Waals surface area contributed by atoms with Crippen molar-refractivity contribution < 1.29 is 8.42 Å². The van der Waals surface area contributed by atoms with Crippen molar-refractivity contribution in [2.24, 2.45) is 0 Å². The van der Waals surface area contributed by atoms with Crippen LogP contribution in [0, 0.1) is 0 Å². The number of hydrogen-bond donors (Lipinski definition) is 0. The molecule has 1 aliphatic heterocycles. The van der Waals surface area contributed by atoms with Crippen LogP contribution in [0.15, 0.2) is 29.2 Å². The zero-order valence-corrected chi connectivity index (χ0v) is 16.4. The van der Waals surface area contributed by atoms with E-state index in [4.69, 9.17) is 23.2 Å². The summed E-state index contributed by atoms with van der Waals surface area (Å²) in [4.78, 5) is 2.13. The van der Waals surface area contributed by atoms with Crippen molar-refractivity contribution in [3.63, 3.8) is 0 Å². The SMILES string of the molecule is O=S(=O)(c1cccc(Cl)c1Cl)N1CCN(c2cc3c(nn2)CCC3)CC1. The van der Waals surface area contributed by atoms with Gasteiger partial charge in [0, 0.05) is 26.2 Å². The fraction of sp³-hybridized carbons (Fsp3) is 0.412. The van der Waals surface area contributed by atoms with Crippen molar-refractivity contribution in [1.82, 2.24) is 14.5 Å². The van der Waals surface area contributed by atoms with Crippen LogP contribution in [0.5, 0.6) is 0 Å². The predicted octanol–water partition coefficient (Wildman–Crippen LogP) is 2.78. The molecule has 0 N–H and O–H groups in total. The van der Waals surface area contributed by atoms with Crippen molar-refractivity contribution in [3.05, 3.63) is 45.6 Å². The first kappa shape index (κ1) is 18.0. The summed E-state index contributed by atoms with van der Waals surface area (Å²) in [5.74, 6) is 0.823. The minimum Gasteiger partial charge on any atom is -0.352 e. The molecule has 2 aromatic rings. The van der Waals surface area contributed by atoms with Gasteiger partial charge in [-0.2, -0.15) is 9.40 Å². The standard InChI is InChI=1S/C17H18Cl2N4O2S/c18-13-4-2-6-15(17(13)19)26(24,25)23-9-7-22(8-10-23)16-11-12-3-1-5-14(12)20-21-16/h2,4,6,11H,1,3,5,7-10H2. The number of aryl methyl sites for hydroxylation is 2. The molecule has 1 fully saturated rings. The van der Waals surface area contributed by atoms with Crippen molar-refractivity contribution >= 4 is 39.0 Å². The molecule has 138 valence electrons. The van der Waals surface area contributed by atoms with E-state index < -0.39 is 10.0 Å². The molecule has 1 aromatic carbocycles. The van der Waals surface area contributed by atoms with E-state index in [2.05, 4.69) is 21.2 Å². The Morgan fingerprint density at radius 1 is 1.00 bits per heavy atom. The highest BCUT2D eigenvalue weighted by Gasteiger charge is 2.31. The minimum absolute atomic E-state index is 0.0532. The Labute approximate surface area is 162 Å². The van der Waals surface area contributed by atoms with Gasteiger partial charge in [0.1, 0.15) is 4.90 Å². The van der Waals surface area contributed by atoms with Gasteiger partial charge in [-0.1, -0.05) is 29.3 Å². The second kappa shape index (κ2) is 6.96. The molecule has 9 heteroatoms. The molecule has 2 aliphatic rings. The van der Waals surface area contributed by atoms with E-state index >= 15 is 0 Å². The van der Waals surface area contributed by atoms with E-state index in [1.165, 1.54) is 15.9 Å². The lowest BCUT2D eigenvalue weighted by Gasteiger charge is -2.34. The van der Waals surface area contributed by atoms with Crippen molar-refractivity contribution in [2.75, 3.05) is 31.1 Å². The summed E-state index contributed by atoms with van der Waals surface area (Å²) < 4.78 is 27.2. The molecular formula is C17H18Cl2N4O2S. The Balaban J connectivity index is 1.50. The Bertz CT molecular complexity index is 944. The van der Waals surface area contributed by atoms with E-state index in [-0.39, 0.29) is 14.9 Å². The number of nitrogens with zero attached hydrogens (tertiary/aromatic N) is 4. The Morgan fingerprint density at radius 3 is 2.54 bits per heavy atom. The van der Waals surface area contributed by atoms with Crippen molar-refractivity contribution in [2.45, 2.75) is 24.2 Å². The van der Waals surface area contributed by atoms with Gasteiger partial charge in [-0.25, -0.2) is 8.42 Å². The van der Waals surface area contributed by atoms with Gasteiger partial charge in [0.05, 0.1) is 15.7 Å². The van der Waals surface area contributed by atoms with E-state index in [1.807, 2.05) is 0 Å². The molecule has 4 rings (SSSR count). The normalized spacial score (nSPS) is 18.2. The molecule has 2 heterocycles. The number of halogens is 2. The molecule has 0 saturated carbocycles. The number of hydrogen-bond acceptors (Lipinski definition) is 5. The molecule has 1 aromatic heterocycles. The van der Waals surface area contributed by atoms with Gasteiger partial charge >= 0.3 is 0 Å². The molecule has 1 saturated heterocycles. The van der Waals surface area contributed by atoms with Gasteiger partial charge in [-0.15, -0.1) is 5.10 Å². The summed E-state index contributed by atoms with van der Waals surface area (Å²) in [6.45, 7) is 1.85. The number of benzene rings is 1. The van der Waals surface area contributed by atoms with E-state index in [0.717, 1.165) is 30.8 Å². The summed E-state index contributed by atoms with van der Waals surface area (Å²) in [5.41, 5.74) is 2.35. The number of aromatic nitrogens is 2. The van der Waals surface area contributed by atoms with Crippen LogP contribution in [0.25, 0.3) is 0 Å². The first-order chi connectivity index (χ1) is 12.5. The summed E-state index contributed by atoms with van der Waals surface area (Å²) in [6, 6.07) is 6.75. The number of sulfonamides is 1. The van der Waals surface area contributed by atoms with Crippen LogP contribution in [0.3, 0.4) is 0 Å². The molecular weight excluding hydrogens is 395 g/mol. The highest BCUT2D eigenvalue weighted by Crippen LogP contribution is 2.31. The van der Waals surface area contributed by atoms with Crippen LogP contribution in [-0.4, -0.2) is 49.1 Å². The van der Waals surface area contributed by atoms with Gasteiger partial charge < -0.3 is 4.90 Å². The lowest BCUT2D eigenvalue weighted by Crippen LogP contribution is -2.49. The first-order valence-corrected chi connectivity index (χ1v) is 10.7. The van der Waals surface area contributed by atoms with Crippen LogP contribution < -0.4 is 4.90 Å².